The van der Waals surface area contributed by atoms with Crippen molar-refractivity contribution in [3.05, 3.63) is 29.6 Å². The molecule has 112 valence electrons. The lowest BCUT2D eigenvalue weighted by Crippen LogP contribution is -2.35. The molecule has 21 heavy (non-hydrogen) atoms. The molecular weight excluding hydrogens is 272 g/mol. The van der Waals surface area contributed by atoms with E-state index in [2.05, 4.69) is 21.6 Å². The average Bonchev–Trinajstić information content (AvgIpc) is 2.51. The van der Waals surface area contributed by atoms with Crippen molar-refractivity contribution < 1.29 is 19.4 Å². The van der Waals surface area contributed by atoms with Gasteiger partial charge in [0.2, 0.25) is 0 Å². The van der Waals surface area contributed by atoms with Gasteiger partial charge in [-0.1, -0.05) is 18.8 Å². The number of aromatic nitrogens is 1. The van der Waals surface area contributed by atoms with E-state index in [4.69, 9.17) is 5.11 Å². The highest BCUT2D eigenvalue weighted by Crippen LogP contribution is 2.09. The van der Waals surface area contributed by atoms with Gasteiger partial charge in [0.15, 0.2) is 0 Å². The van der Waals surface area contributed by atoms with Gasteiger partial charge in [0.05, 0.1) is 18.6 Å². The van der Waals surface area contributed by atoms with E-state index in [9.17, 15) is 9.59 Å². The highest BCUT2D eigenvalue weighted by molar-refractivity contribution is 5.94. The van der Waals surface area contributed by atoms with Crippen LogP contribution in [0, 0.1) is 17.8 Å². The van der Waals surface area contributed by atoms with E-state index in [1.807, 2.05) is 0 Å². The number of rotatable bonds is 4. The van der Waals surface area contributed by atoms with Crippen molar-refractivity contribution in [3.8, 4) is 11.8 Å². The summed E-state index contributed by atoms with van der Waals surface area (Å²) in [6.07, 6.45) is 1.49. The summed E-state index contributed by atoms with van der Waals surface area (Å²) >= 11 is 0. The molecule has 0 radical (unpaired) electrons. The number of aliphatic hydroxyl groups excluding tert-OH is 1. The minimum Gasteiger partial charge on any atom is -0.469 e. The van der Waals surface area contributed by atoms with Gasteiger partial charge in [-0.25, -0.2) is 4.98 Å². The Balaban J connectivity index is 2.90. The van der Waals surface area contributed by atoms with Crippen LogP contribution in [0.25, 0.3) is 0 Å². The second-order valence-electron chi connectivity index (χ2n) is 4.47. The molecule has 0 saturated carbocycles. The summed E-state index contributed by atoms with van der Waals surface area (Å²) in [5, 5.41) is 8.73. The van der Waals surface area contributed by atoms with Crippen molar-refractivity contribution in [2.75, 3.05) is 27.3 Å². The maximum atomic E-state index is 12.4. The fourth-order valence-electron chi connectivity index (χ4n) is 1.76. The zero-order valence-corrected chi connectivity index (χ0v) is 12.3. The first-order valence-corrected chi connectivity index (χ1v) is 6.39. The lowest BCUT2D eigenvalue weighted by molar-refractivity contribution is -0.145. The molecule has 0 saturated heterocycles. The second-order valence-corrected chi connectivity index (χ2v) is 4.47. The van der Waals surface area contributed by atoms with Crippen LogP contribution in [0.4, 0.5) is 0 Å². The summed E-state index contributed by atoms with van der Waals surface area (Å²) in [7, 11) is 2.89. The van der Waals surface area contributed by atoms with Crippen LogP contribution in [0.1, 0.15) is 23.0 Å². The summed E-state index contributed by atoms with van der Waals surface area (Å²) in [4.78, 5) is 29.2. The van der Waals surface area contributed by atoms with Gasteiger partial charge in [0.1, 0.15) is 12.3 Å². The predicted molar refractivity (Wildman–Crippen MR) is 76.3 cm³/mol. The first-order valence-electron chi connectivity index (χ1n) is 6.39. The van der Waals surface area contributed by atoms with Gasteiger partial charge < -0.3 is 14.7 Å². The van der Waals surface area contributed by atoms with Crippen molar-refractivity contribution in [3.63, 3.8) is 0 Å². The zero-order chi connectivity index (χ0) is 15.8. The number of nitrogens with zero attached hydrogens (tertiary/aromatic N) is 2. The Hall–Kier alpha value is -2.39. The maximum Gasteiger partial charge on any atom is 0.310 e. The Bertz CT molecular complexity index is 575. The lowest BCUT2D eigenvalue weighted by atomic mass is 10.1. The number of hydrogen-bond acceptors (Lipinski definition) is 5. The number of amides is 1. The molecule has 1 aromatic rings. The van der Waals surface area contributed by atoms with Crippen LogP contribution in [-0.2, 0) is 9.53 Å². The number of pyridine rings is 1. The largest absolute Gasteiger partial charge is 0.469 e. The van der Waals surface area contributed by atoms with Crippen LogP contribution >= 0.6 is 0 Å². The topological polar surface area (TPSA) is 79.7 Å². The lowest BCUT2D eigenvalue weighted by Gasteiger charge is -2.20. The zero-order valence-electron chi connectivity index (χ0n) is 12.3. The first kappa shape index (κ1) is 16.7. The third-order valence-electron chi connectivity index (χ3n) is 2.81. The van der Waals surface area contributed by atoms with Crippen LogP contribution in [0.5, 0.6) is 0 Å². The molecule has 1 unspecified atom stereocenters. The Morgan fingerprint density at radius 3 is 2.86 bits per heavy atom. The number of ether oxygens (including phenoxy) is 1. The van der Waals surface area contributed by atoms with Crippen LogP contribution in [0.3, 0.4) is 0 Å². The van der Waals surface area contributed by atoms with Crippen molar-refractivity contribution in [2.24, 2.45) is 5.92 Å². The van der Waals surface area contributed by atoms with Gasteiger partial charge in [0, 0.05) is 19.8 Å². The third-order valence-corrected chi connectivity index (χ3v) is 2.81. The fraction of sp³-hybridized carbons (Fsp3) is 0.400. The van der Waals surface area contributed by atoms with E-state index >= 15 is 0 Å². The van der Waals surface area contributed by atoms with E-state index in [1.165, 1.54) is 18.2 Å². The minimum absolute atomic E-state index is 0.193. The molecule has 6 heteroatoms. The summed E-state index contributed by atoms with van der Waals surface area (Å²) in [6.45, 7) is 1.60. The number of methoxy groups -OCH3 is 1. The fourth-order valence-corrected chi connectivity index (χ4v) is 1.76. The Morgan fingerprint density at radius 2 is 2.24 bits per heavy atom. The van der Waals surface area contributed by atoms with E-state index < -0.39 is 5.92 Å². The smallest absolute Gasteiger partial charge is 0.310 e. The molecule has 1 atom stereocenters. The highest BCUT2D eigenvalue weighted by atomic mass is 16.5. The molecule has 0 bridgehead atoms. The molecule has 0 aliphatic rings. The number of aliphatic hydroxyl groups is 1. The summed E-state index contributed by atoms with van der Waals surface area (Å²) < 4.78 is 4.63. The number of carbonyl (C=O) groups excluding carboxylic acids is 2. The van der Waals surface area contributed by atoms with Gasteiger partial charge in [-0.2, -0.15) is 0 Å². The molecule has 0 aliphatic heterocycles. The first-order chi connectivity index (χ1) is 10.0. The van der Waals surface area contributed by atoms with Crippen molar-refractivity contribution in [1.29, 1.82) is 0 Å². The van der Waals surface area contributed by atoms with Crippen molar-refractivity contribution in [1.82, 2.24) is 9.88 Å². The minimum atomic E-state index is -0.431. The second kappa shape index (κ2) is 8.02. The normalized spacial score (nSPS) is 11.0. The van der Waals surface area contributed by atoms with Gasteiger partial charge in [-0.05, 0) is 12.1 Å². The highest BCUT2D eigenvalue weighted by Gasteiger charge is 2.21. The van der Waals surface area contributed by atoms with Gasteiger partial charge in [0.25, 0.3) is 5.91 Å². The Kier molecular flexibility index (Phi) is 6.37. The number of esters is 1. The molecule has 1 rings (SSSR count). The Labute approximate surface area is 123 Å². The van der Waals surface area contributed by atoms with Crippen LogP contribution < -0.4 is 0 Å². The van der Waals surface area contributed by atoms with Gasteiger partial charge in [-0.15, -0.1) is 0 Å². The van der Waals surface area contributed by atoms with Gasteiger partial charge >= 0.3 is 5.97 Å². The number of carbonyl (C=O) groups is 2. The molecule has 1 amide bonds. The predicted octanol–water partition coefficient (Wildman–Crippen LogP) is 0.306. The molecule has 1 heterocycles. The number of hydrogen-bond donors (Lipinski definition) is 1. The van der Waals surface area contributed by atoms with Crippen molar-refractivity contribution in [2.45, 2.75) is 6.92 Å². The van der Waals surface area contributed by atoms with Gasteiger partial charge in [-0.3, -0.25) is 9.59 Å². The monoisotopic (exact) mass is 290 g/mol. The van der Waals surface area contributed by atoms with Crippen molar-refractivity contribution >= 4 is 11.9 Å². The summed E-state index contributed by atoms with van der Waals surface area (Å²) in [5.41, 5.74) is 0.632. The summed E-state index contributed by atoms with van der Waals surface area (Å²) in [6, 6.07) is 3.32. The van der Waals surface area contributed by atoms with Crippen LogP contribution in [0.15, 0.2) is 18.3 Å². The SMILES string of the molecule is COC(=O)C(C)CN(C)C(=O)c1ncccc1C#CCO. The molecular formula is C15H18N2O4. The molecule has 6 nitrogen and oxygen atoms in total. The van der Waals surface area contributed by atoms with E-state index in [-0.39, 0.29) is 30.7 Å². The molecule has 0 aromatic carbocycles. The maximum absolute atomic E-state index is 12.4. The molecule has 0 fully saturated rings. The molecule has 1 N–H and O–H groups in total. The van der Waals surface area contributed by atoms with Crippen LogP contribution in [-0.4, -0.2) is 54.2 Å². The van der Waals surface area contributed by atoms with E-state index in [0.29, 0.717) is 5.56 Å². The summed E-state index contributed by atoms with van der Waals surface area (Å²) in [5.74, 6) is 4.02. The molecule has 1 aromatic heterocycles. The molecule has 0 aliphatic carbocycles. The Morgan fingerprint density at radius 1 is 1.52 bits per heavy atom. The molecule has 0 spiro atoms. The third kappa shape index (κ3) is 4.58. The van der Waals surface area contributed by atoms with E-state index in [0.717, 1.165) is 0 Å². The average molecular weight is 290 g/mol. The van der Waals surface area contributed by atoms with E-state index in [1.54, 1.807) is 26.1 Å². The standard InChI is InChI=1S/C15H18N2O4/c1-11(15(20)21-3)10-17(2)14(19)13-12(7-5-9-18)6-4-8-16-13/h4,6,8,11,18H,9-10H2,1-3H3. The quantitative estimate of drug-likeness (QED) is 0.637. The van der Waals surface area contributed by atoms with Crippen LogP contribution in [0.2, 0.25) is 0 Å².